The van der Waals surface area contributed by atoms with Crippen LogP contribution in [0, 0.1) is 0 Å². The molecular weight excluding hydrogens is 734 g/mol. The summed E-state index contributed by atoms with van der Waals surface area (Å²) in [6.07, 6.45) is -1.46. The van der Waals surface area contributed by atoms with Crippen LogP contribution in [0.5, 0.6) is 0 Å². The zero-order valence-corrected chi connectivity index (χ0v) is 29.6. The standard InChI is InChI=1S/C36H33Cl3F3N3O4S/c37-26-16-15-25(32(39)20-26)22-44(33(19-24-9-3-1-4-10-24)35(47)43-27-11-7-8-12-27)34(46)23-45(50(48,49)29-13-5-2-6-14-29)28-17-18-31(38)30(21-28)36(40,41)42/h1-6,9-10,13-18,20-21,27,33H,7-8,11-12,19,22-23H2,(H,43,47)/t33-/m0/s1. The summed E-state index contributed by atoms with van der Waals surface area (Å²) in [7, 11) is -4.64. The van der Waals surface area contributed by atoms with Gasteiger partial charge in [0.25, 0.3) is 10.0 Å². The van der Waals surface area contributed by atoms with E-state index < -0.39 is 56.9 Å². The second kappa shape index (κ2) is 16.1. The molecule has 4 aromatic rings. The molecule has 2 amide bonds. The van der Waals surface area contributed by atoms with Gasteiger partial charge in [0.15, 0.2) is 0 Å². The molecule has 4 aromatic carbocycles. The highest BCUT2D eigenvalue weighted by Gasteiger charge is 2.38. The van der Waals surface area contributed by atoms with Gasteiger partial charge in [0.05, 0.1) is 21.2 Å². The lowest BCUT2D eigenvalue weighted by Gasteiger charge is -2.34. The zero-order valence-electron chi connectivity index (χ0n) is 26.5. The van der Waals surface area contributed by atoms with E-state index in [9.17, 15) is 31.2 Å². The zero-order chi connectivity index (χ0) is 36.1. The Balaban J connectivity index is 1.62. The van der Waals surface area contributed by atoms with Crippen molar-refractivity contribution in [3.05, 3.63) is 129 Å². The fourth-order valence-corrected chi connectivity index (χ4v) is 8.01. The average molecular weight is 767 g/mol. The number of rotatable bonds is 12. The lowest BCUT2D eigenvalue weighted by molar-refractivity contribution is -0.140. The van der Waals surface area contributed by atoms with Gasteiger partial charge in [-0.2, -0.15) is 13.2 Å². The van der Waals surface area contributed by atoms with Gasteiger partial charge in [0.2, 0.25) is 11.8 Å². The predicted molar refractivity (Wildman–Crippen MR) is 189 cm³/mol. The van der Waals surface area contributed by atoms with E-state index in [2.05, 4.69) is 5.32 Å². The summed E-state index contributed by atoms with van der Waals surface area (Å²) in [6.45, 7) is -1.19. The average Bonchev–Trinajstić information content (AvgIpc) is 3.59. The quantitative estimate of drug-likeness (QED) is 0.157. The summed E-state index contributed by atoms with van der Waals surface area (Å²) in [5.74, 6) is -1.32. The molecule has 0 radical (unpaired) electrons. The molecule has 1 fully saturated rings. The van der Waals surface area contributed by atoms with Crippen molar-refractivity contribution in [2.45, 2.75) is 61.8 Å². The summed E-state index contributed by atoms with van der Waals surface area (Å²) in [6, 6.07) is 22.0. The summed E-state index contributed by atoms with van der Waals surface area (Å²) >= 11 is 18.6. The Kier molecular flexibility index (Phi) is 12.0. The number of alkyl halides is 3. The molecule has 0 heterocycles. The summed E-state index contributed by atoms with van der Waals surface area (Å²) in [5, 5.41) is 2.95. The van der Waals surface area contributed by atoms with Crippen molar-refractivity contribution in [3.8, 4) is 0 Å². The van der Waals surface area contributed by atoms with E-state index in [-0.39, 0.29) is 28.9 Å². The van der Waals surface area contributed by atoms with Crippen molar-refractivity contribution in [1.82, 2.24) is 10.2 Å². The number of hydrogen-bond acceptors (Lipinski definition) is 4. The molecule has 1 atom stereocenters. The largest absolute Gasteiger partial charge is 0.417 e. The second-order valence-electron chi connectivity index (χ2n) is 11.9. The maximum atomic E-state index is 14.6. The summed E-state index contributed by atoms with van der Waals surface area (Å²) < 4.78 is 70.8. The third kappa shape index (κ3) is 9.11. The van der Waals surface area contributed by atoms with E-state index in [1.165, 1.54) is 35.2 Å². The molecule has 7 nitrogen and oxygen atoms in total. The Morgan fingerprint density at radius 2 is 1.48 bits per heavy atom. The smallest absolute Gasteiger partial charge is 0.352 e. The first kappa shape index (κ1) is 37.5. The van der Waals surface area contributed by atoms with E-state index in [0.717, 1.165) is 43.4 Å². The monoisotopic (exact) mass is 765 g/mol. The highest BCUT2D eigenvalue weighted by Crippen LogP contribution is 2.38. The molecule has 264 valence electrons. The molecule has 0 aliphatic heterocycles. The molecule has 0 aromatic heterocycles. The third-order valence-electron chi connectivity index (χ3n) is 8.48. The third-order valence-corrected chi connectivity index (χ3v) is 11.2. The number of carbonyl (C=O) groups is 2. The number of benzene rings is 4. The van der Waals surface area contributed by atoms with E-state index in [4.69, 9.17) is 34.8 Å². The summed E-state index contributed by atoms with van der Waals surface area (Å²) in [4.78, 5) is 29.7. The van der Waals surface area contributed by atoms with Gasteiger partial charge < -0.3 is 10.2 Å². The van der Waals surface area contributed by atoms with Gasteiger partial charge >= 0.3 is 6.18 Å². The van der Waals surface area contributed by atoms with Crippen molar-refractivity contribution < 1.29 is 31.2 Å². The van der Waals surface area contributed by atoms with E-state index >= 15 is 0 Å². The molecule has 14 heteroatoms. The Labute approximate surface area is 304 Å². The topological polar surface area (TPSA) is 86.8 Å². The van der Waals surface area contributed by atoms with Crippen LogP contribution in [-0.4, -0.2) is 43.8 Å². The van der Waals surface area contributed by atoms with Crippen LogP contribution in [0.25, 0.3) is 0 Å². The molecule has 0 bridgehead atoms. The van der Waals surface area contributed by atoms with E-state index in [1.807, 2.05) is 0 Å². The van der Waals surface area contributed by atoms with Crippen LogP contribution in [0.4, 0.5) is 18.9 Å². The van der Waals surface area contributed by atoms with Gasteiger partial charge in [-0.3, -0.25) is 13.9 Å². The van der Waals surface area contributed by atoms with Crippen LogP contribution in [0.2, 0.25) is 15.1 Å². The number of anilines is 1. The molecule has 0 spiro atoms. The minimum Gasteiger partial charge on any atom is -0.352 e. The highest BCUT2D eigenvalue weighted by molar-refractivity contribution is 7.92. The Bertz CT molecular complexity index is 1930. The fraction of sp³-hybridized carbons (Fsp3) is 0.278. The first-order chi connectivity index (χ1) is 23.7. The van der Waals surface area contributed by atoms with Crippen LogP contribution in [0.1, 0.15) is 42.4 Å². The molecule has 0 saturated heterocycles. The van der Waals surface area contributed by atoms with Crippen molar-refractivity contribution in [2.75, 3.05) is 10.8 Å². The molecule has 1 N–H and O–H groups in total. The molecule has 1 saturated carbocycles. The van der Waals surface area contributed by atoms with Gasteiger partial charge in [0, 0.05) is 29.1 Å². The Hall–Kier alpha value is -3.77. The van der Waals surface area contributed by atoms with Gasteiger partial charge in [-0.25, -0.2) is 8.42 Å². The lowest BCUT2D eigenvalue weighted by Crippen LogP contribution is -2.54. The molecule has 1 aliphatic carbocycles. The summed E-state index contributed by atoms with van der Waals surface area (Å²) in [5.41, 5.74) is -0.585. The van der Waals surface area contributed by atoms with E-state index in [0.29, 0.717) is 21.0 Å². The number of sulfonamides is 1. The van der Waals surface area contributed by atoms with Crippen molar-refractivity contribution in [2.24, 2.45) is 0 Å². The van der Waals surface area contributed by atoms with Crippen molar-refractivity contribution in [3.63, 3.8) is 0 Å². The van der Waals surface area contributed by atoms with Gasteiger partial charge in [-0.1, -0.05) is 102 Å². The normalized spacial score (nSPS) is 14.3. The number of nitrogens with one attached hydrogen (secondary N) is 1. The van der Waals surface area contributed by atoms with Crippen LogP contribution >= 0.6 is 34.8 Å². The molecule has 0 unspecified atom stereocenters. The number of hydrogen-bond donors (Lipinski definition) is 1. The minimum atomic E-state index is -4.92. The molecule has 50 heavy (non-hydrogen) atoms. The molecular formula is C36H33Cl3F3N3O4S. The first-order valence-corrected chi connectivity index (χ1v) is 18.3. The number of nitrogens with zero attached hydrogens (tertiary/aromatic N) is 2. The predicted octanol–water partition coefficient (Wildman–Crippen LogP) is 8.56. The van der Waals surface area contributed by atoms with Crippen molar-refractivity contribution >= 4 is 62.3 Å². The Morgan fingerprint density at radius 3 is 2.10 bits per heavy atom. The van der Waals surface area contributed by atoms with Crippen LogP contribution in [-0.2, 0) is 38.8 Å². The fourth-order valence-electron chi connectivity index (χ4n) is 5.89. The van der Waals surface area contributed by atoms with Gasteiger partial charge in [-0.05, 0) is 66.4 Å². The SMILES string of the molecule is O=C(NC1CCCC1)[C@H](Cc1ccccc1)N(Cc1ccc(Cl)cc1Cl)C(=O)CN(c1ccc(Cl)c(C(F)(F)F)c1)S(=O)(=O)c1ccccc1. The Morgan fingerprint density at radius 1 is 0.840 bits per heavy atom. The number of amides is 2. The molecule has 1 aliphatic rings. The van der Waals surface area contributed by atoms with Gasteiger partial charge in [0.1, 0.15) is 12.6 Å². The maximum Gasteiger partial charge on any atom is 0.417 e. The van der Waals surface area contributed by atoms with Crippen LogP contribution in [0.15, 0.2) is 102 Å². The van der Waals surface area contributed by atoms with E-state index in [1.54, 1.807) is 48.5 Å². The lowest BCUT2D eigenvalue weighted by atomic mass is 10.0. The van der Waals surface area contributed by atoms with Crippen LogP contribution < -0.4 is 9.62 Å². The maximum absolute atomic E-state index is 14.6. The second-order valence-corrected chi connectivity index (χ2v) is 15.1. The van der Waals surface area contributed by atoms with Gasteiger partial charge in [-0.15, -0.1) is 0 Å². The number of halogens is 6. The highest BCUT2D eigenvalue weighted by atomic mass is 35.5. The minimum absolute atomic E-state index is 0.0565. The first-order valence-electron chi connectivity index (χ1n) is 15.8. The van der Waals surface area contributed by atoms with Crippen LogP contribution in [0.3, 0.4) is 0 Å². The van der Waals surface area contributed by atoms with Crippen molar-refractivity contribution in [1.29, 1.82) is 0 Å². The number of carbonyl (C=O) groups excluding carboxylic acids is 2. The molecule has 5 rings (SSSR count).